The number of benzene rings is 2. The van der Waals surface area contributed by atoms with E-state index < -0.39 is 0 Å². The van der Waals surface area contributed by atoms with Crippen LogP contribution in [0, 0.1) is 6.92 Å². The van der Waals surface area contributed by atoms with Crippen LogP contribution in [0.25, 0.3) is 33.3 Å². The summed E-state index contributed by atoms with van der Waals surface area (Å²) in [7, 11) is 1.52. The molecule has 0 atom stereocenters. The Hall–Kier alpha value is -4.64. The number of nitrogens with one attached hydrogen (secondary N) is 3. The molecule has 4 N–H and O–H groups in total. The molecule has 0 saturated heterocycles. The minimum atomic E-state index is -0.306. The zero-order valence-corrected chi connectivity index (χ0v) is 20.9. The van der Waals surface area contributed by atoms with Crippen LogP contribution in [0.3, 0.4) is 0 Å². The minimum Gasteiger partial charge on any atom is -0.495 e. The third-order valence-corrected chi connectivity index (χ3v) is 6.21. The Bertz CT molecular complexity index is 1660. The summed E-state index contributed by atoms with van der Waals surface area (Å²) in [5.41, 5.74) is 4.94. The van der Waals surface area contributed by atoms with E-state index in [0.29, 0.717) is 45.9 Å². The molecule has 0 radical (unpaired) electrons. The molecule has 38 heavy (non-hydrogen) atoms. The Morgan fingerprint density at radius 2 is 2.05 bits per heavy atom. The van der Waals surface area contributed by atoms with Gasteiger partial charge in [-0.3, -0.25) is 4.79 Å². The maximum atomic E-state index is 12.3. The summed E-state index contributed by atoms with van der Waals surface area (Å²) < 4.78 is 17.5. The Morgan fingerprint density at radius 1 is 1.18 bits per heavy atom. The van der Waals surface area contributed by atoms with Gasteiger partial charge < -0.3 is 34.6 Å². The van der Waals surface area contributed by atoms with E-state index in [-0.39, 0.29) is 25.2 Å². The number of hydrogen-bond donors (Lipinski definition) is 4. The van der Waals surface area contributed by atoms with E-state index in [9.17, 15) is 4.79 Å². The molecule has 11 heteroatoms. The quantitative estimate of drug-likeness (QED) is 0.228. The standard InChI is InChI=1S/C27H26N6O5/c1-14-30-20-7-3-15(11-22(20)37-14)18-13-29-24-23(18)26(38-17-5-6-17)33-27(32-24)31-19-8-4-16(12-21(19)36-2)25(35)28-9-10-34/h3-4,7-8,11-13,17,34H,5-6,9-10H2,1-2H3,(H,28,35)(H2,29,31,32,33). The SMILES string of the molecule is COc1cc(C(=O)NCCO)ccc1Nc1nc(OC2CC2)c2c(-c3ccc4nc(C)oc4c3)c[nH]c2n1. The highest BCUT2D eigenvalue weighted by Gasteiger charge is 2.27. The van der Waals surface area contributed by atoms with Crippen LogP contribution in [0.15, 0.2) is 47.0 Å². The molecule has 0 aliphatic heterocycles. The molecule has 1 aliphatic rings. The van der Waals surface area contributed by atoms with Gasteiger partial charge in [-0.2, -0.15) is 9.97 Å². The van der Waals surface area contributed by atoms with Crippen molar-refractivity contribution in [1.29, 1.82) is 0 Å². The van der Waals surface area contributed by atoms with Crippen LogP contribution < -0.4 is 20.1 Å². The lowest BCUT2D eigenvalue weighted by atomic mass is 10.1. The van der Waals surface area contributed by atoms with Crippen molar-refractivity contribution in [2.24, 2.45) is 0 Å². The van der Waals surface area contributed by atoms with Gasteiger partial charge in [0.15, 0.2) is 11.5 Å². The molecule has 0 unspecified atom stereocenters. The summed E-state index contributed by atoms with van der Waals surface area (Å²) in [6.45, 7) is 1.86. The molecule has 5 aromatic rings. The third-order valence-electron chi connectivity index (χ3n) is 6.21. The van der Waals surface area contributed by atoms with Gasteiger partial charge in [0.25, 0.3) is 5.91 Å². The molecule has 6 rings (SSSR count). The van der Waals surface area contributed by atoms with E-state index in [4.69, 9.17) is 24.0 Å². The zero-order chi connectivity index (χ0) is 26.2. The van der Waals surface area contributed by atoms with Crippen LogP contribution in [0.5, 0.6) is 11.6 Å². The summed E-state index contributed by atoms with van der Waals surface area (Å²) in [6.07, 6.45) is 3.96. The largest absolute Gasteiger partial charge is 0.495 e. The van der Waals surface area contributed by atoms with Crippen molar-refractivity contribution >= 4 is 39.7 Å². The molecular formula is C27H26N6O5. The first-order valence-corrected chi connectivity index (χ1v) is 12.3. The maximum Gasteiger partial charge on any atom is 0.251 e. The van der Waals surface area contributed by atoms with Gasteiger partial charge >= 0.3 is 0 Å². The first-order chi connectivity index (χ1) is 18.5. The average Bonchev–Trinajstić information content (AvgIpc) is 3.49. The smallest absolute Gasteiger partial charge is 0.251 e. The molecule has 1 fully saturated rings. The Morgan fingerprint density at radius 3 is 2.84 bits per heavy atom. The highest BCUT2D eigenvalue weighted by atomic mass is 16.5. The summed E-state index contributed by atoms with van der Waals surface area (Å²) in [5.74, 6) is 1.54. The van der Waals surface area contributed by atoms with Crippen molar-refractivity contribution in [2.45, 2.75) is 25.9 Å². The number of aromatic nitrogens is 4. The average molecular weight is 515 g/mol. The van der Waals surface area contributed by atoms with Crippen LogP contribution >= 0.6 is 0 Å². The number of aliphatic hydroxyl groups excluding tert-OH is 1. The van der Waals surface area contributed by atoms with E-state index >= 15 is 0 Å². The van der Waals surface area contributed by atoms with Gasteiger partial charge in [0.2, 0.25) is 11.8 Å². The Labute approximate surface area is 217 Å². The fourth-order valence-electron chi connectivity index (χ4n) is 4.25. The second-order valence-electron chi connectivity index (χ2n) is 9.03. The Kier molecular flexibility index (Phi) is 6.04. The highest BCUT2D eigenvalue weighted by Crippen LogP contribution is 2.39. The first-order valence-electron chi connectivity index (χ1n) is 12.3. The van der Waals surface area contributed by atoms with Crippen molar-refractivity contribution in [3.63, 3.8) is 0 Å². The lowest BCUT2D eigenvalue weighted by Crippen LogP contribution is -2.26. The molecule has 1 saturated carbocycles. The van der Waals surface area contributed by atoms with Crippen molar-refractivity contribution < 1.29 is 23.8 Å². The van der Waals surface area contributed by atoms with Crippen LogP contribution in [0.2, 0.25) is 0 Å². The Balaban J connectivity index is 1.36. The van der Waals surface area contributed by atoms with Crippen molar-refractivity contribution in [3.05, 3.63) is 54.0 Å². The fourth-order valence-corrected chi connectivity index (χ4v) is 4.25. The van der Waals surface area contributed by atoms with Crippen molar-refractivity contribution in [3.8, 4) is 22.8 Å². The van der Waals surface area contributed by atoms with Gasteiger partial charge in [0.1, 0.15) is 23.0 Å². The monoisotopic (exact) mass is 514 g/mol. The first kappa shape index (κ1) is 23.7. The molecule has 1 aliphatic carbocycles. The number of rotatable bonds is 9. The van der Waals surface area contributed by atoms with E-state index in [2.05, 4.69) is 25.6 Å². The molecule has 11 nitrogen and oxygen atoms in total. The molecule has 3 aromatic heterocycles. The zero-order valence-electron chi connectivity index (χ0n) is 20.9. The van der Waals surface area contributed by atoms with E-state index in [1.165, 1.54) is 7.11 Å². The second kappa shape index (κ2) is 9.67. The van der Waals surface area contributed by atoms with Gasteiger partial charge in [-0.05, 0) is 48.7 Å². The molecule has 3 heterocycles. The number of oxazole rings is 1. The predicted molar refractivity (Wildman–Crippen MR) is 141 cm³/mol. The van der Waals surface area contributed by atoms with E-state index in [1.54, 1.807) is 18.2 Å². The number of fused-ring (bicyclic) bond motifs is 2. The molecular weight excluding hydrogens is 488 g/mol. The van der Waals surface area contributed by atoms with Crippen LogP contribution in [0.4, 0.5) is 11.6 Å². The number of carbonyl (C=O) groups is 1. The van der Waals surface area contributed by atoms with Crippen LogP contribution in [-0.2, 0) is 0 Å². The second-order valence-corrected chi connectivity index (χ2v) is 9.03. The van der Waals surface area contributed by atoms with Crippen LogP contribution in [0.1, 0.15) is 29.1 Å². The van der Waals surface area contributed by atoms with Gasteiger partial charge in [0, 0.05) is 30.8 Å². The van der Waals surface area contributed by atoms with E-state index in [1.807, 2.05) is 31.3 Å². The number of carbonyl (C=O) groups excluding carboxylic acids is 1. The molecule has 2 aromatic carbocycles. The number of hydrogen-bond acceptors (Lipinski definition) is 9. The molecule has 0 bridgehead atoms. The number of methoxy groups -OCH3 is 1. The number of aromatic amines is 1. The number of anilines is 2. The number of H-pyrrole nitrogens is 1. The van der Waals surface area contributed by atoms with Crippen LogP contribution in [-0.4, -0.2) is 57.3 Å². The molecule has 1 amide bonds. The number of ether oxygens (including phenoxy) is 2. The number of nitrogens with zero attached hydrogens (tertiary/aromatic N) is 3. The summed E-state index contributed by atoms with van der Waals surface area (Å²) in [5, 5.41) is 15.6. The lowest BCUT2D eigenvalue weighted by molar-refractivity contribution is 0.0944. The fraction of sp³-hybridized carbons (Fsp3) is 0.259. The molecule has 0 spiro atoms. The number of aliphatic hydroxyl groups is 1. The van der Waals surface area contributed by atoms with Crippen molar-refractivity contribution in [2.75, 3.05) is 25.6 Å². The summed E-state index contributed by atoms with van der Waals surface area (Å²) >= 11 is 0. The molecule has 194 valence electrons. The summed E-state index contributed by atoms with van der Waals surface area (Å²) in [6, 6.07) is 10.9. The number of aryl methyl sites for hydroxylation is 1. The topological polar surface area (TPSA) is 147 Å². The van der Waals surface area contributed by atoms with Gasteiger partial charge in [0.05, 0.1) is 24.8 Å². The summed E-state index contributed by atoms with van der Waals surface area (Å²) in [4.78, 5) is 29.3. The van der Waals surface area contributed by atoms with Gasteiger partial charge in [-0.25, -0.2) is 4.98 Å². The third kappa shape index (κ3) is 4.59. The van der Waals surface area contributed by atoms with E-state index in [0.717, 1.165) is 34.9 Å². The van der Waals surface area contributed by atoms with Gasteiger partial charge in [-0.1, -0.05) is 6.07 Å². The van der Waals surface area contributed by atoms with Gasteiger partial charge in [-0.15, -0.1) is 0 Å². The minimum absolute atomic E-state index is 0.120. The lowest BCUT2D eigenvalue weighted by Gasteiger charge is -2.13. The normalized spacial score (nSPS) is 13.1. The maximum absolute atomic E-state index is 12.3. The predicted octanol–water partition coefficient (Wildman–Crippen LogP) is 4.09. The van der Waals surface area contributed by atoms with Crippen molar-refractivity contribution in [1.82, 2.24) is 25.3 Å². The number of amides is 1. The highest BCUT2D eigenvalue weighted by molar-refractivity contribution is 5.99.